The van der Waals surface area contributed by atoms with Crippen molar-refractivity contribution in [1.82, 2.24) is 24.4 Å². The number of nitrogens with zero attached hydrogens (tertiary/aromatic N) is 5. The molecular formula is C19H21N5O2. The van der Waals surface area contributed by atoms with Crippen LogP contribution in [-0.4, -0.2) is 64.2 Å². The molecule has 1 saturated heterocycles. The van der Waals surface area contributed by atoms with Crippen molar-refractivity contribution >= 4 is 11.7 Å². The monoisotopic (exact) mass is 351 g/mol. The van der Waals surface area contributed by atoms with Gasteiger partial charge in [0.1, 0.15) is 6.10 Å². The number of carbonyl (C=O) groups is 1. The average Bonchev–Trinajstić information content (AvgIpc) is 3.11. The Bertz CT molecular complexity index is 922. The van der Waals surface area contributed by atoms with Crippen molar-refractivity contribution in [2.24, 2.45) is 0 Å². The largest absolute Gasteiger partial charge is 0.366 e. The number of ether oxygens (including phenoxy) is 1. The predicted molar refractivity (Wildman–Crippen MR) is 97.8 cm³/mol. The number of rotatable bonds is 2. The molecule has 0 N–H and O–H groups in total. The van der Waals surface area contributed by atoms with Crippen molar-refractivity contribution in [3.05, 3.63) is 54.5 Å². The fourth-order valence-electron chi connectivity index (χ4n) is 3.10. The van der Waals surface area contributed by atoms with E-state index < -0.39 is 0 Å². The van der Waals surface area contributed by atoms with Crippen molar-refractivity contribution in [2.45, 2.75) is 6.10 Å². The average molecular weight is 351 g/mol. The molecule has 26 heavy (non-hydrogen) atoms. The second kappa shape index (κ2) is 6.76. The molecule has 2 aromatic heterocycles. The van der Waals surface area contributed by atoms with Crippen molar-refractivity contribution in [3.63, 3.8) is 0 Å². The number of carbonyl (C=O) groups excluding carboxylic acids is 1. The first-order chi connectivity index (χ1) is 12.6. The van der Waals surface area contributed by atoms with E-state index in [1.807, 2.05) is 36.5 Å². The van der Waals surface area contributed by atoms with Gasteiger partial charge in [0.15, 0.2) is 11.5 Å². The lowest BCUT2D eigenvalue weighted by Gasteiger charge is -2.33. The Labute approximate surface area is 151 Å². The summed E-state index contributed by atoms with van der Waals surface area (Å²) in [4.78, 5) is 20.1. The van der Waals surface area contributed by atoms with Gasteiger partial charge in [-0.15, -0.1) is 5.10 Å². The molecule has 1 fully saturated rings. The zero-order valence-electron chi connectivity index (χ0n) is 14.9. The Morgan fingerprint density at radius 1 is 1.15 bits per heavy atom. The van der Waals surface area contributed by atoms with E-state index in [0.29, 0.717) is 25.5 Å². The van der Waals surface area contributed by atoms with Gasteiger partial charge in [0.05, 0.1) is 13.2 Å². The first kappa shape index (κ1) is 16.5. The van der Waals surface area contributed by atoms with Crippen LogP contribution in [0.5, 0.6) is 0 Å². The van der Waals surface area contributed by atoms with Crippen LogP contribution in [0.15, 0.2) is 48.7 Å². The molecule has 0 bridgehead atoms. The van der Waals surface area contributed by atoms with Crippen molar-refractivity contribution in [3.8, 4) is 11.1 Å². The highest BCUT2D eigenvalue weighted by Crippen LogP contribution is 2.23. The number of amides is 2. The maximum Gasteiger partial charge on any atom is 0.319 e. The van der Waals surface area contributed by atoms with Crippen LogP contribution >= 0.6 is 0 Å². The highest BCUT2D eigenvalue weighted by atomic mass is 16.5. The lowest BCUT2D eigenvalue weighted by molar-refractivity contribution is -0.0231. The molecule has 134 valence electrons. The van der Waals surface area contributed by atoms with Gasteiger partial charge in [-0.05, 0) is 17.7 Å². The van der Waals surface area contributed by atoms with Crippen LogP contribution in [-0.2, 0) is 4.74 Å². The summed E-state index contributed by atoms with van der Waals surface area (Å²) in [6.45, 7) is 1.52. The van der Waals surface area contributed by atoms with Crippen LogP contribution in [0.3, 0.4) is 0 Å². The smallest absolute Gasteiger partial charge is 0.319 e. The van der Waals surface area contributed by atoms with E-state index in [9.17, 15) is 4.79 Å². The third-order valence-electron chi connectivity index (χ3n) is 4.46. The molecule has 1 aliphatic heterocycles. The Kier molecular flexibility index (Phi) is 4.30. The van der Waals surface area contributed by atoms with Gasteiger partial charge in [-0.3, -0.25) is 0 Å². The summed E-state index contributed by atoms with van der Waals surface area (Å²) >= 11 is 0. The molecule has 2 amide bonds. The molecule has 0 aliphatic carbocycles. The highest BCUT2D eigenvalue weighted by molar-refractivity contribution is 5.74. The normalized spacial score (nSPS) is 17.5. The second-order valence-corrected chi connectivity index (χ2v) is 6.54. The number of aromatic nitrogens is 3. The molecule has 1 unspecified atom stereocenters. The van der Waals surface area contributed by atoms with Crippen LogP contribution in [0.4, 0.5) is 4.79 Å². The molecule has 3 aromatic rings. The zero-order chi connectivity index (χ0) is 18.1. The first-order valence-corrected chi connectivity index (χ1v) is 8.61. The minimum atomic E-state index is -0.312. The van der Waals surface area contributed by atoms with Crippen LogP contribution < -0.4 is 0 Å². The van der Waals surface area contributed by atoms with Crippen molar-refractivity contribution < 1.29 is 9.53 Å². The molecule has 0 spiro atoms. The van der Waals surface area contributed by atoms with Crippen molar-refractivity contribution in [2.75, 3.05) is 33.8 Å². The van der Waals surface area contributed by atoms with E-state index >= 15 is 0 Å². The predicted octanol–water partition coefficient (Wildman–Crippen LogP) is 2.45. The van der Waals surface area contributed by atoms with E-state index in [-0.39, 0.29) is 12.1 Å². The SMILES string of the molecule is CN(C)C(=O)N1CCOC(c2nc3ccc(-c4ccccc4)cn3n2)C1. The third-order valence-corrected chi connectivity index (χ3v) is 4.46. The number of fused-ring (bicyclic) bond motifs is 1. The van der Waals surface area contributed by atoms with E-state index in [1.165, 1.54) is 0 Å². The quantitative estimate of drug-likeness (QED) is 0.711. The minimum absolute atomic E-state index is 0.0200. The lowest BCUT2D eigenvalue weighted by Crippen LogP contribution is -2.46. The van der Waals surface area contributed by atoms with Crippen LogP contribution in [0.25, 0.3) is 16.8 Å². The summed E-state index contributed by atoms with van der Waals surface area (Å²) in [6.07, 6.45) is 1.65. The van der Waals surface area contributed by atoms with Gasteiger partial charge in [0.25, 0.3) is 0 Å². The summed E-state index contributed by atoms with van der Waals surface area (Å²) in [6, 6.07) is 14.1. The summed E-state index contributed by atoms with van der Waals surface area (Å²) < 4.78 is 7.59. The van der Waals surface area contributed by atoms with Gasteiger partial charge >= 0.3 is 6.03 Å². The highest BCUT2D eigenvalue weighted by Gasteiger charge is 2.29. The molecule has 4 rings (SSSR count). The molecule has 1 atom stereocenters. The van der Waals surface area contributed by atoms with E-state index in [2.05, 4.69) is 22.2 Å². The first-order valence-electron chi connectivity index (χ1n) is 8.61. The fourth-order valence-corrected chi connectivity index (χ4v) is 3.10. The van der Waals surface area contributed by atoms with E-state index in [4.69, 9.17) is 4.74 Å². The Hall–Kier alpha value is -2.93. The molecule has 1 aliphatic rings. The molecule has 1 aromatic carbocycles. The number of morpholine rings is 1. The Morgan fingerprint density at radius 2 is 1.96 bits per heavy atom. The fraction of sp³-hybridized carbons (Fsp3) is 0.316. The topological polar surface area (TPSA) is 63.0 Å². The Balaban J connectivity index is 1.60. The van der Waals surface area contributed by atoms with E-state index in [1.54, 1.807) is 28.4 Å². The number of hydrogen-bond donors (Lipinski definition) is 0. The van der Waals surface area contributed by atoms with E-state index in [0.717, 1.165) is 16.8 Å². The van der Waals surface area contributed by atoms with Crippen LogP contribution in [0.2, 0.25) is 0 Å². The number of urea groups is 1. The zero-order valence-corrected chi connectivity index (χ0v) is 14.9. The van der Waals surface area contributed by atoms with Gasteiger partial charge in [-0.2, -0.15) is 0 Å². The number of benzene rings is 1. The second-order valence-electron chi connectivity index (χ2n) is 6.54. The van der Waals surface area contributed by atoms with Gasteiger partial charge in [-0.1, -0.05) is 30.3 Å². The Morgan fingerprint density at radius 3 is 2.73 bits per heavy atom. The molecule has 0 radical (unpaired) electrons. The van der Waals surface area contributed by atoms with Crippen LogP contribution in [0, 0.1) is 0 Å². The number of pyridine rings is 1. The lowest BCUT2D eigenvalue weighted by atomic mass is 10.1. The number of hydrogen-bond acceptors (Lipinski definition) is 4. The molecule has 3 heterocycles. The van der Waals surface area contributed by atoms with Crippen molar-refractivity contribution in [1.29, 1.82) is 0 Å². The summed E-state index contributed by atoms with van der Waals surface area (Å²) in [7, 11) is 3.50. The third kappa shape index (κ3) is 3.13. The summed E-state index contributed by atoms with van der Waals surface area (Å²) in [5.41, 5.74) is 2.96. The maximum absolute atomic E-state index is 12.2. The van der Waals surface area contributed by atoms with Crippen LogP contribution in [0.1, 0.15) is 11.9 Å². The molecule has 0 saturated carbocycles. The summed E-state index contributed by atoms with van der Waals surface area (Å²) in [5, 5.41) is 4.59. The molecule has 7 nitrogen and oxygen atoms in total. The van der Waals surface area contributed by atoms with Gasteiger partial charge in [0.2, 0.25) is 0 Å². The minimum Gasteiger partial charge on any atom is -0.366 e. The standard InChI is InChI=1S/C19H21N5O2/c1-22(2)19(25)23-10-11-26-16(13-23)18-20-17-9-8-15(12-24(17)21-18)14-6-4-3-5-7-14/h3-9,12,16H,10-11,13H2,1-2H3. The summed E-state index contributed by atoms with van der Waals surface area (Å²) in [5.74, 6) is 0.603. The van der Waals surface area contributed by atoms with Gasteiger partial charge in [-0.25, -0.2) is 14.3 Å². The maximum atomic E-state index is 12.2. The molecular weight excluding hydrogens is 330 g/mol. The molecule has 7 heteroatoms. The van der Waals surface area contributed by atoms with Gasteiger partial charge in [0, 0.05) is 32.4 Å². The van der Waals surface area contributed by atoms with Gasteiger partial charge < -0.3 is 14.5 Å².